The van der Waals surface area contributed by atoms with Crippen LogP contribution >= 0.6 is 11.3 Å². The summed E-state index contributed by atoms with van der Waals surface area (Å²) >= 11 is 1.32. The number of fused-ring (bicyclic) bond motifs is 1. The van der Waals surface area contributed by atoms with E-state index in [1.807, 2.05) is 29.6 Å². The molecule has 0 saturated heterocycles. The Hall–Kier alpha value is -3.59. The number of hydrogen-bond donors (Lipinski definition) is 2. The van der Waals surface area contributed by atoms with Crippen LogP contribution in [0.5, 0.6) is 0 Å². The van der Waals surface area contributed by atoms with Gasteiger partial charge in [-0.15, -0.1) is 11.3 Å². The topological polar surface area (TPSA) is 104 Å². The maximum Gasteiger partial charge on any atom is 0.252 e. The smallest absolute Gasteiger partial charge is 0.252 e. The molecular weight excluding hydrogens is 414 g/mol. The van der Waals surface area contributed by atoms with E-state index in [0.29, 0.717) is 17.5 Å². The summed E-state index contributed by atoms with van der Waals surface area (Å²) < 4.78 is 0. The molecule has 0 spiro atoms. The molecule has 2 aromatic rings. The van der Waals surface area contributed by atoms with Crippen LogP contribution in [0, 0.1) is 0 Å². The molecule has 3 heterocycles. The maximum atomic E-state index is 13.1. The van der Waals surface area contributed by atoms with E-state index < -0.39 is 5.54 Å². The fraction of sp³-hybridized carbons (Fsp3) is 0.227. The SMILES string of the molecule is CC(=O)NCc1ccc(-c2csc(NC(=O)C3(C)CC(=O)N=C4C=CC=CN43)n2)cc1. The molecule has 2 N–H and O–H groups in total. The second kappa shape index (κ2) is 8.27. The molecule has 9 heteroatoms. The average Bonchev–Trinajstić information content (AvgIpc) is 3.21. The van der Waals surface area contributed by atoms with Crippen molar-refractivity contribution in [3.63, 3.8) is 0 Å². The average molecular weight is 436 g/mol. The molecule has 1 aromatic heterocycles. The first-order chi connectivity index (χ1) is 14.8. The Kier molecular flexibility index (Phi) is 5.51. The molecule has 0 radical (unpaired) electrons. The minimum Gasteiger partial charge on any atom is -0.352 e. The fourth-order valence-electron chi connectivity index (χ4n) is 3.39. The normalized spacial score (nSPS) is 19.6. The molecular formula is C22H21N5O3S. The molecule has 1 atom stereocenters. The van der Waals surface area contributed by atoms with E-state index in [9.17, 15) is 14.4 Å². The van der Waals surface area contributed by atoms with Crippen LogP contribution in [-0.4, -0.2) is 39.0 Å². The number of carbonyl (C=O) groups excluding carboxylic acids is 3. The van der Waals surface area contributed by atoms with Crippen molar-refractivity contribution in [1.82, 2.24) is 15.2 Å². The lowest BCUT2D eigenvalue weighted by molar-refractivity contribution is -0.130. The van der Waals surface area contributed by atoms with Gasteiger partial charge in [-0.05, 0) is 24.6 Å². The summed E-state index contributed by atoms with van der Waals surface area (Å²) in [6.45, 7) is 3.67. The Morgan fingerprint density at radius 3 is 2.74 bits per heavy atom. The molecule has 0 bridgehead atoms. The molecule has 158 valence electrons. The predicted octanol–water partition coefficient (Wildman–Crippen LogP) is 2.86. The molecule has 0 aliphatic carbocycles. The lowest BCUT2D eigenvalue weighted by Crippen LogP contribution is -2.58. The van der Waals surface area contributed by atoms with E-state index in [0.717, 1.165) is 16.8 Å². The van der Waals surface area contributed by atoms with E-state index in [2.05, 4.69) is 20.6 Å². The molecule has 2 aliphatic rings. The summed E-state index contributed by atoms with van der Waals surface area (Å²) in [7, 11) is 0. The highest BCUT2D eigenvalue weighted by atomic mass is 32.1. The monoisotopic (exact) mass is 435 g/mol. The van der Waals surface area contributed by atoms with Crippen molar-refractivity contribution in [3.8, 4) is 11.3 Å². The number of aromatic nitrogens is 1. The van der Waals surface area contributed by atoms with E-state index >= 15 is 0 Å². The minimum atomic E-state index is -1.09. The third-order valence-electron chi connectivity index (χ3n) is 5.11. The van der Waals surface area contributed by atoms with E-state index in [1.54, 1.807) is 36.3 Å². The molecule has 31 heavy (non-hydrogen) atoms. The Bertz CT molecular complexity index is 1130. The number of benzene rings is 1. The number of allylic oxidation sites excluding steroid dienone is 2. The number of thiazole rings is 1. The molecule has 8 nitrogen and oxygen atoms in total. The van der Waals surface area contributed by atoms with Crippen molar-refractivity contribution in [2.24, 2.45) is 4.99 Å². The molecule has 3 amide bonds. The van der Waals surface area contributed by atoms with Crippen LogP contribution in [0.3, 0.4) is 0 Å². The number of hydrogen-bond acceptors (Lipinski definition) is 6. The highest BCUT2D eigenvalue weighted by Gasteiger charge is 2.45. The van der Waals surface area contributed by atoms with Crippen LogP contribution in [-0.2, 0) is 20.9 Å². The van der Waals surface area contributed by atoms with Gasteiger partial charge in [0.15, 0.2) is 5.13 Å². The molecule has 1 unspecified atom stereocenters. The zero-order chi connectivity index (χ0) is 22.0. The Labute approximate surface area is 183 Å². The van der Waals surface area contributed by atoms with Crippen molar-refractivity contribution in [3.05, 3.63) is 59.6 Å². The fourth-order valence-corrected chi connectivity index (χ4v) is 4.11. The summed E-state index contributed by atoms with van der Waals surface area (Å²) in [5.74, 6) is -0.273. The van der Waals surface area contributed by atoms with Gasteiger partial charge < -0.3 is 10.2 Å². The number of anilines is 1. The lowest BCUT2D eigenvalue weighted by atomic mass is 9.91. The Morgan fingerprint density at radius 1 is 1.23 bits per heavy atom. The lowest BCUT2D eigenvalue weighted by Gasteiger charge is -2.41. The van der Waals surface area contributed by atoms with Crippen LogP contribution in [0.15, 0.2) is 59.1 Å². The highest BCUT2D eigenvalue weighted by Crippen LogP contribution is 2.31. The van der Waals surface area contributed by atoms with Crippen molar-refractivity contribution >= 4 is 40.0 Å². The molecule has 2 aliphatic heterocycles. The van der Waals surface area contributed by atoms with Crippen molar-refractivity contribution in [2.75, 3.05) is 5.32 Å². The summed E-state index contributed by atoms with van der Waals surface area (Å²) in [6.07, 6.45) is 7.02. The second-order valence-corrected chi connectivity index (χ2v) is 8.34. The van der Waals surface area contributed by atoms with Gasteiger partial charge in [0, 0.05) is 30.6 Å². The summed E-state index contributed by atoms with van der Waals surface area (Å²) in [5.41, 5.74) is 1.53. The summed E-state index contributed by atoms with van der Waals surface area (Å²) in [5, 5.41) is 7.93. The van der Waals surface area contributed by atoms with Crippen molar-refractivity contribution in [2.45, 2.75) is 32.4 Å². The second-order valence-electron chi connectivity index (χ2n) is 7.48. The molecule has 0 fully saturated rings. The number of rotatable bonds is 5. The first-order valence-corrected chi connectivity index (χ1v) is 10.6. The number of amides is 3. The minimum absolute atomic E-state index is 0.0193. The van der Waals surface area contributed by atoms with E-state index in [4.69, 9.17) is 0 Å². The van der Waals surface area contributed by atoms with Crippen LogP contribution in [0.4, 0.5) is 5.13 Å². The number of aliphatic imine (C=N–C) groups is 1. The third kappa shape index (κ3) is 4.31. The van der Waals surface area contributed by atoms with Crippen LogP contribution in [0.25, 0.3) is 11.3 Å². The molecule has 4 rings (SSSR count). The van der Waals surface area contributed by atoms with Gasteiger partial charge >= 0.3 is 0 Å². The van der Waals surface area contributed by atoms with Gasteiger partial charge in [-0.1, -0.05) is 30.3 Å². The quantitative estimate of drug-likeness (QED) is 0.752. The van der Waals surface area contributed by atoms with Crippen molar-refractivity contribution in [1.29, 1.82) is 0 Å². The number of amidine groups is 1. The largest absolute Gasteiger partial charge is 0.352 e. The van der Waals surface area contributed by atoms with Gasteiger partial charge in [-0.25, -0.2) is 4.98 Å². The van der Waals surface area contributed by atoms with Gasteiger partial charge in [0.2, 0.25) is 5.91 Å². The highest BCUT2D eigenvalue weighted by molar-refractivity contribution is 7.14. The van der Waals surface area contributed by atoms with Crippen LogP contribution in [0.1, 0.15) is 25.8 Å². The van der Waals surface area contributed by atoms with Gasteiger partial charge in [0.25, 0.3) is 11.8 Å². The summed E-state index contributed by atoms with van der Waals surface area (Å²) in [6, 6.07) is 7.70. The van der Waals surface area contributed by atoms with Gasteiger partial charge in [-0.2, -0.15) is 4.99 Å². The van der Waals surface area contributed by atoms with Gasteiger partial charge in [0.1, 0.15) is 11.4 Å². The molecule has 1 aromatic carbocycles. The maximum absolute atomic E-state index is 13.1. The van der Waals surface area contributed by atoms with Gasteiger partial charge in [0.05, 0.1) is 12.1 Å². The number of carbonyl (C=O) groups is 3. The first-order valence-electron chi connectivity index (χ1n) is 9.71. The zero-order valence-electron chi connectivity index (χ0n) is 17.1. The molecule has 0 saturated carbocycles. The van der Waals surface area contributed by atoms with Crippen LogP contribution < -0.4 is 10.6 Å². The zero-order valence-corrected chi connectivity index (χ0v) is 17.9. The van der Waals surface area contributed by atoms with Gasteiger partial charge in [-0.3, -0.25) is 19.7 Å². The predicted molar refractivity (Wildman–Crippen MR) is 119 cm³/mol. The van der Waals surface area contributed by atoms with E-state index in [1.165, 1.54) is 18.3 Å². The van der Waals surface area contributed by atoms with Crippen molar-refractivity contribution < 1.29 is 14.4 Å². The third-order valence-corrected chi connectivity index (χ3v) is 5.87. The van der Waals surface area contributed by atoms with Crippen LogP contribution in [0.2, 0.25) is 0 Å². The van der Waals surface area contributed by atoms with E-state index in [-0.39, 0.29) is 24.1 Å². The first kappa shape index (κ1) is 20.7. The Morgan fingerprint density at radius 2 is 2.00 bits per heavy atom. The standard InChI is InChI=1S/C22H21N5O3S/c1-14(28)23-12-15-6-8-16(9-7-15)17-13-31-21(24-17)26-20(30)22(2)11-19(29)25-18-5-3-4-10-27(18)22/h3-10,13H,11-12H2,1-2H3,(H,23,28)(H,24,26,30). The number of nitrogens with one attached hydrogen (secondary N) is 2. The Balaban J connectivity index is 1.47. The summed E-state index contributed by atoms with van der Waals surface area (Å²) in [4.78, 5) is 46.5. The number of nitrogens with zero attached hydrogens (tertiary/aromatic N) is 3.